The van der Waals surface area contributed by atoms with Crippen molar-refractivity contribution in [1.82, 2.24) is 5.43 Å². The number of amides is 1. The van der Waals surface area contributed by atoms with Gasteiger partial charge < -0.3 is 5.11 Å². The fourth-order valence-electron chi connectivity index (χ4n) is 1.51. The maximum atomic E-state index is 12.7. The van der Waals surface area contributed by atoms with Crippen molar-refractivity contribution in [1.29, 1.82) is 0 Å². The van der Waals surface area contributed by atoms with Gasteiger partial charge in [-0.2, -0.15) is 5.10 Å². The Bertz CT molecular complexity index is 705. The van der Waals surface area contributed by atoms with Crippen LogP contribution in [-0.2, 0) is 0 Å². The van der Waals surface area contributed by atoms with E-state index in [1.54, 1.807) is 6.07 Å². The molecule has 0 bridgehead atoms. The van der Waals surface area contributed by atoms with Gasteiger partial charge in [0, 0.05) is 15.6 Å². The minimum Gasteiger partial charge on any atom is -0.506 e. The van der Waals surface area contributed by atoms with Crippen LogP contribution >= 0.6 is 27.5 Å². The molecule has 0 radical (unpaired) electrons. The minimum absolute atomic E-state index is 0.139. The molecule has 2 aromatic rings. The maximum Gasteiger partial charge on any atom is 0.271 e. The molecule has 2 aromatic carbocycles. The third-order valence-corrected chi connectivity index (χ3v) is 3.28. The fourth-order valence-corrected chi connectivity index (χ4v) is 2.34. The van der Waals surface area contributed by atoms with E-state index in [2.05, 4.69) is 26.5 Å². The van der Waals surface area contributed by atoms with Crippen molar-refractivity contribution in [2.24, 2.45) is 5.10 Å². The summed E-state index contributed by atoms with van der Waals surface area (Å²) in [5.74, 6) is -1.06. The summed E-state index contributed by atoms with van der Waals surface area (Å²) in [6, 6.07) is 8.17. The third-order valence-electron chi connectivity index (χ3n) is 2.53. The Hall–Kier alpha value is -1.92. The molecule has 0 aromatic heterocycles. The van der Waals surface area contributed by atoms with Gasteiger partial charge in [0.25, 0.3) is 5.91 Å². The van der Waals surface area contributed by atoms with Crippen molar-refractivity contribution in [3.05, 3.63) is 62.8 Å². The second-order valence-electron chi connectivity index (χ2n) is 4.03. The molecule has 108 valence electrons. The fraction of sp³-hybridized carbons (Fsp3) is 0. The number of hydrogen-bond donors (Lipinski definition) is 2. The van der Waals surface area contributed by atoms with Crippen molar-refractivity contribution in [3.63, 3.8) is 0 Å². The predicted octanol–water partition coefficient (Wildman–Crippen LogP) is 3.71. The van der Waals surface area contributed by atoms with Crippen molar-refractivity contribution in [3.8, 4) is 5.75 Å². The van der Waals surface area contributed by atoms with E-state index in [1.165, 1.54) is 36.5 Å². The van der Waals surface area contributed by atoms with Gasteiger partial charge in [-0.3, -0.25) is 4.79 Å². The van der Waals surface area contributed by atoms with E-state index in [0.717, 1.165) is 0 Å². The molecule has 0 saturated carbocycles. The topological polar surface area (TPSA) is 61.7 Å². The van der Waals surface area contributed by atoms with Crippen LogP contribution in [0.25, 0.3) is 0 Å². The Labute approximate surface area is 133 Å². The SMILES string of the molecule is O=C(NN=Cc1cc(Br)cc(Cl)c1O)c1ccc(F)cc1. The van der Waals surface area contributed by atoms with Gasteiger partial charge in [-0.05, 0) is 36.4 Å². The average molecular weight is 372 g/mol. The van der Waals surface area contributed by atoms with Gasteiger partial charge in [0.05, 0.1) is 11.2 Å². The number of nitrogens with one attached hydrogen (secondary N) is 1. The summed E-state index contributed by atoms with van der Waals surface area (Å²) >= 11 is 9.04. The lowest BCUT2D eigenvalue weighted by atomic mass is 10.2. The Balaban J connectivity index is 2.09. The highest BCUT2D eigenvalue weighted by molar-refractivity contribution is 9.10. The Kier molecular flexibility index (Phi) is 4.93. The number of phenols is 1. The van der Waals surface area contributed by atoms with Crippen molar-refractivity contribution < 1.29 is 14.3 Å². The quantitative estimate of drug-likeness (QED) is 0.638. The lowest BCUT2D eigenvalue weighted by Gasteiger charge is -2.03. The molecule has 4 nitrogen and oxygen atoms in total. The van der Waals surface area contributed by atoms with Crippen LogP contribution < -0.4 is 5.43 Å². The van der Waals surface area contributed by atoms with E-state index in [0.29, 0.717) is 10.0 Å². The number of halogens is 3. The van der Waals surface area contributed by atoms with Crippen LogP contribution in [0.3, 0.4) is 0 Å². The molecule has 0 unspecified atom stereocenters. The molecule has 0 aliphatic rings. The van der Waals surface area contributed by atoms with Gasteiger partial charge in [-0.1, -0.05) is 27.5 Å². The lowest BCUT2D eigenvalue weighted by Crippen LogP contribution is -2.17. The molecule has 21 heavy (non-hydrogen) atoms. The average Bonchev–Trinajstić information content (AvgIpc) is 2.44. The highest BCUT2D eigenvalue weighted by Gasteiger charge is 2.07. The van der Waals surface area contributed by atoms with E-state index < -0.39 is 11.7 Å². The number of carbonyl (C=O) groups excluding carboxylic acids is 1. The van der Waals surface area contributed by atoms with Crippen molar-refractivity contribution >= 4 is 39.7 Å². The molecule has 0 heterocycles. The first-order valence-corrected chi connectivity index (χ1v) is 6.91. The van der Waals surface area contributed by atoms with Gasteiger partial charge in [-0.15, -0.1) is 0 Å². The second-order valence-corrected chi connectivity index (χ2v) is 5.35. The Morgan fingerprint density at radius 1 is 1.33 bits per heavy atom. The molecule has 7 heteroatoms. The third kappa shape index (κ3) is 4.03. The van der Waals surface area contributed by atoms with Gasteiger partial charge in [0.15, 0.2) is 0 Å². The number of rotatable bonds is 3. The molecule has 2 rings (SSSR count). The zero-order valence-electron chi connectivity index (χ0n) is 10.5. The smallest absolute Gasteiger partial charge is 0.271 e. The summed E-state index contributed by atoms with van der Waals surface area (Å²) in [5, 5.41) is 13.6. The van der Waals surface area contributed by atoms with Gasteiger partial charge in [0.1, 0.15) is 11.6 Å². The summed E-state index contributed by atoms with van der Waals surface area (Å²) < 4.78 is 13.4. The number of benzene rings is 2. The maximum absolute atomic E-state index is 12.7. The Morgan fingerprint density at radius 2 is 2.00 bits per heavy atom. The summed E-state index contributed by atoms with van der Waals surface area (Å²) in [6.07, 6.45) is 1.26. The molecule has 0 saturated heterocycles. The number of phenolic OH excluding ortho intramolecular Hbond substituents is 1. The first-order chi connectivity index (χ1) is 9.97. The molecule has 0 spiro atoms. The largest absolute Gasteiger partial charge is 0.506 e. The normalized spacial score (nSPS) is 10.8. The van der Waals surface area contributed by atoms with Crippen LogP contribution in [0.2, 0.25) is 5.02 Å². The zero-order valence-corrected chi connectivity index (χ0v) is 12.8. The molecule has 0 atom stereocenters. The van der Waals surface area contributed by atoms with Crippen molar-refractivity contribution in [2.45, 2.75) is 0 Å². The minimum atomic E-state index is -0.494. The summed E-state index contributed by atoms with van der Waals surface area (Å²) in [7, 11) is 0. The number of hydrazone groups is 1. The highest BCUT2D eigenvalue weighted by Crippen LogP contribution is 2.30. The first kappa shape index (κ1) is 15.5. The number of carbonyl (C=O) groups is 1. The van der Waals surface area contributed by atoms with Crippen LogP contribution in [0.4, 0.5) is 4.39 Å². The van der Waals surface area contributed by atoms with E-state index in [9.17, 15) is 14.3 Å². The Morgan fingerprint density at radius 3 is 2.67 bits per heavy atom. The molecule has 2 N–H and O–H groups in total. The van der Waals surface area contributed by atoms with Crippen LogP contribution in [0.5, 0.6) is 5.75 Å². The summed E-state index contributed by atoms with van der Waals surface area (Å²) in [4.78, 5) is 11.7. The van der Waals surface area contributed by atoms with Gasteiger partial charge in [-0.25, -0.2) is 9.82 Å². The first-order valence-electron chi connectivity index (χ1n) is 5.74. The van der Waals surface area contributed by atoms with Gasteiger partial charge in [0.2, 0.25) is 0 Å². The van der Waals surface area contributed by atoms with E-state index in [1.807, 2.05) is 0 Å². The molecular formula is C14H9BrClFN2O2. The number of nitrogens with zero attached hydrogens (tertiary/aromatic N) is 1. The van der Waals surface area contributed by atoms with Crippen molar-refractivity contribution in [2.75, 3.05) is 0 Å². The monoisotopic (exact) mass is 370 g/mol. The molecule has 1 amide bonds. The molecule has 0 aliphatic heterocycles. The number of hydrogen-bond acceptors (Lipinski definition) is 3. The lowest BCUT2D eigenvalue weighted by molar-refractivity contribution is 0.0955. The molecule has 0 fully saturated rings. The molecule has 0 aliphatic carbocycles. The van der Waals surface area contributed by atoms with E-state index >= 15 is 0 Å². The zero-order chi connectivity index (χ0) is 15.4. The molecular weight excluding hydrogens is 363 g/mol. The van der Waals surface area contributed by atoms with E-state index in [-0.39, 0.29) is 16.3 Å². The van der Waals surface area contributed by atoms with E-state index in [4.69, 9.17) is 11.6 Å². The van der Waals surface area contributed by atoms with Crippen LogP contribution in [0.1, 0.15) is 15.9 Å². The summed E-state index contributed by atoms with van der Waals surface area (Å²) in [5.41, 5.74) is 2.88. The van der Waals surface area contributed by atoms with Crippen LogP contribution in [0.15, 0.2) is 46.0 Å². The van der Waals surface area contributed by atoms with Crippen LogP contribution in [-0.4, -0.2) is 17.2 Å². The van der Waals surface area contributed by atoms with Crippen LogP contribution in [0, 0.1) is 5.82 Å². The second kappa shape index (κ2) is 6.69. The van der Waals surface area contributed by atoms with Gasteiger partial charge >= 0.3 is 0 Å². The highest BCUT2D eigenvalue weighted by atomic mass is 79.9. The standard InChI is InChI=1S/C14H9BrClFN2O2/c15-10-5-9(13(20)12(16)6-10)7-18-19-14(21)8-1-3-11(17)4-2-8/h1-7,20H,(H,19,21). The predicted molar refractivity (Wildman–Crippen MR) is 82.3 cm³/mol. The summed E-state index contributed by atoms with van der Waals surface area (Å²) in [6.45, 7) is 0. The number of aromatic hydroxyl groups is 1.